The van der Waals surface area contributed by atoms with Crippen LogP contribution in [0.4, 0.5) is 0 Å². The Labute approximate surface area is 99.7 Å². The van der Waals surface area contributed by atoms with Crippen LogP contribution >= 0.6 is 0 Å². The van der Waals surface area contributed by atoms with E-state index in [-0.39, 0.29) is 24.4 Å². The molecule has 6 nitrogen and oxygen atoms in total. The number of hydrogen-bond donors (Lipinski definition) is 2. The molecule has 2 fully saturated rings. The Morgan fingerprint density at radius 3 is 2.65 bits per heavy atom. The third kappa shape index (κ3) is 2.17. The second-order valence-electron chi connectivity index (χ2n) is 4.69. The summed E-state index contributed by atoms with van der Waals surface area (Å²) < 4.78 is 0. The van der Waals surface area contributed by atoms with Crippen LogP contribution in [0.2, 0.25) is 0 Å². The molecule has 3 unspecified atom stereocenters. The van der Waals surface area contributed by atoms with Crippen molar-refractivity contribution in [3.05, 3.63) is 0 Å². The summed E-state index contributed by atoms with van der Waals surface area (Å²) in [6.45, 7) is 4.38. The molecule has 2 saturated heterocycles. The Morgan fingerprint density at radius 1 is 1.35 bits per heavy atom. The van der Waals surface area contributed by atoms with Crippen molar-refractivity contribution in [3.8, 4) is 0 Å². The highest BCUT2D eigenvalue weighted by Crippen LogP contribution is 2.20. The van der Waals surface area contributed by atoms with Gasteiger partial charge in [-0.15, -0.1) is 0 Å². The van der Waals surface area contributed by atoms with E-state index in [0.29, 0.717) is 0 Å². The Hall–Kier alpha value is -1.43. The number of nitrogens with one attached hydrogen (secondary N) is 2. The fourth-order valence-electron chi connectivity index (χ4n) is 2.39. The molecule has 2 heterocycles. The number of carbonyl (C=O) groups is 3. The van der Waals surface area contributed by atoms with Gasteiger partial charge in [-0.3, -0.25) is 19.7 Å². The summed E-state index contributed by atoms with van der Waals surface area (Å²) in [6, 6.07) is -0.456. The van der Waals surface area contributed by atoms with Crippen LogP contribution in [0.25, 0.3) is 0 Å². The molecule has 0 radical (unpaired) electrons. The van der Waals surface area contributed by atoms with E-state index < -0.39 is 17.9 Å². The zero-order chi connectivity index (χ0) is 12.6. The number of piperazine rings is 1. The highest BCUT2D eigenvalue weighted by atomic mass is 16.2. The predicted molar refractivity (Wildman–Crippen MR) is 59.9 cm³/mol. The normalized spacial score (nSPS) is 33.8. The van der Waals surface area contributed by atoms with Gasteiger partial charge in [-0.25, -0.2) is 0 Å². The minimum Gasteiger partial charge on any atom is -0.321 e. The maximum absolute atomic E-state index is 12.3. The predicted octanol–water partition coefficient (Wildman–Crippen LogP) is -1.14. The maximum atomic E-state index is 12.3. The third-order valence-corrected chi connectivity index (χ3v) is 3.55. The van der Waals surface area contributed by atoms with Gasteiger partial charge in [0.2, 0.25) is 17.7 Å². The van der Waals surface area contributed by atoms with Crippen molar-refractivity contribution in [2.75, 3.05) is 13.1 Å². The maximum Gasteiger partial charge on any atom is 0.249 e. The van der Waals surface area contributed by atoms with E-state index in [1.54, 1.807) is 6.92 Å². The van der Waals surface area contributed by atoms with Crippen molar-refractivity contribution in [1.82, 2.24) is 15.5 Å². The van der Waals surface area contributed by atoms with E-state index in [9.17, 15) is 14.4 Å². The van der Waals surface area contributed by atoms with Gasteiger partial charge in [-0.1, -0.05) is 0 Å². The number of amides is 3. The van der Waals surface area contributed by atoms with Gasteiger partial charge in [0.05, 0.1) is 5.92 Å². The van der Waals surface area contributed by atoms with E-state index in [4.69, 9.17) is 0 Å². The lowest BCUT2D eigenvalue weighted by atomic mass is 9.99. The summed E-state index contributed by atoms with van der Waals surface area (Å²) >= 11 is 0. The molecule has 94 valence electrons. The van der Waals surface area contributed by atoms with Crippen molar-refractivity contribution < 1.29 is 14.4 Å². The minimum absolute atomic E-state index is 0.0189. The quantitative estimate of drug-likeness (QED) is 0.567. The van der Waals surface area contributed by atoms with Crippen LogP contribution in [-0.4, -0.2) is 47.8 Å². The molecule has 0 aliphatic carbocycles. The second kappa shape index (κ2) is 4.44. The van der Waals surface area contributed by atoms with Crippen LogP contribution in [0.1, 0.15) is 20.3 Å². The SMILES string of the molecule is CC1NCCC1C(=O)N1CC(=O)NC(=O)C1C. The van der Waals surface area contributed by atoms with Gasteiger partial charge in [0.1, 0.15) is 12.6 Å². The standard InChI is InChI=1S/C11H17N3O3/c1-6-8(3-4-12-6)11(17)14-5-9(15)13-10(16)7(14)2/h6-8,12H,3-5H2,1-2H3,(H,13,15,16). The largest absolute Gasteiger partial charge is 0.321 e. The van der Waals surface area contributed by atoms with E-state index in [2.05, 4.69) is 10.6 Å². The smallest absolute Gasteiger partial charge is 0.249 e. The molecule has 17 heavy (non-hydrogen) atoms. The lowest BCUT2D eigenvalue weighted by Crippen LogP contribution is -2.60. The summed E-state index contributed by atoms with van der Waals surface area (Å²) in [6.07, 6.45) is 0.763. The average Bonchev–Trinajstić information content (AvgIpc) is 2.69. The molecule has 0 aromatic heterocycles. The molecule has 2 aliphatic heterocycles. The summed E-state index contributed by atoms with van der Waals surface area (Å²) in [5.74, 6) is -1.03. The molecule has 0 saturated carbocycles. The molecule has 3 amide bonds. The Balaban J connectivity index is 2.12. The van der Waals surface area contributed by atoms with Gasteiger partial charge in [0, 0.05) is 6.04 Å². The minimum atomic E-state index is -0.562. The average molecular weight is 239 g/mol. The summed E-state index contributed by atoms with van der Waals surface area (Å²) in [4.78, 5) is 36.4. The van der Waals surface area contributed by atoms with Crippen molar-refractivity contribution in [2.24, 2.45) is 5.92 Å². The van der Waals surface area contributed by atoms with Gasteiger partial charge in [-0.05, 0) is 26.8 Å². The second-order valence-corrected chi connectivity index (χ2v) is 4.69. The van der Waals surface area contributed by atoms with E-state index in [0.717, 1.165) is 13.0 Å². The highest BCUT2D eigenvalue weighted by molar-refractivity contribution is 6.04. The monoisotopic (exact) mass is 239 g/mol. The molecule has 6 heteroatoms. The highest BCUT2D eigenvalue weighted by Gasteiger charge is 2.39. The van der Waals surface area contributed by atoms with Crippen LogP contribution in [0.5, 0.6) is 0 Å². The third-order valence-electron chi connectivity index (χ3n) is 3.55. The molecule has 2 rings (SSSR count). The molecule has 0 spiro atoms. The zero-order valence-electron chi connectivity index (χ0n) is 10.0. The molecule has 0 aromatic carbocycles. The van der Waals surface area contributed by atoms with Gasteiger partial charge in [0.15, 0.2) is 0 Å². The first kappa shape index (κ1) is 12.0. The zero-order valence-corrected chi connectivity index (χ0v) is 10.0. The van der Waals surface area contributed by atoms with Gasteiger partial charge < -0.3 is 10.2 Å². The lowest BCUT2D eigenvalue weighted by Gasteiger charge is -2.34. The Morgan fingerprint density at radius 2 is 2.06 bits per heavy atom. The van der Waals surface area contributed by atoms with Gasteiger partial charge >= 0.3 is 0 Å². The molecule has 2 aliphatic rings. The van der Waals surface area contributed by atoms with Crippen molar-refractivity contribution in [3.63, 3.8) is 0 Å². The van der Waals surface area contributed by atoms with Gasteiger partial charge in [0.25, 0.3) is 0 Å². The fourth-order valence-corrected chi connectivity index (χ4v) is 2.39. The fraction of sp³-hybridized carbons (Fsp3) is 0.727. The van der Waals surface area contributed by atoms with E-state index in [1.807, 2.05) is 6.92 Å². The van der Waals surface area contributed by atoms with E-state index >= 15 is 0 Å². The first-order chi connectivity index (χ1) is 8.00. The van der Waals surface area contributed by atoms with Crippen molar-refractivity contribution in [1.29, 1.82) is 0 Å². The van der Waals surface area contributed by atoms with Crippen LogP contribution in [-0.2, 0) is 14.4 Å². The Bertz CT molecular complexity index is 369. The van der Waals surface area contributed by atoms with Crippen molar-refractivity contribution in [2.45, 2.75) is 32.4 Å². The molecule has 3 atom stereocenters. The topological polar surface area (TPSA) is 78.5 Å². The number of carbonyl (C=O) groups excluding carboxylic acids is 3. The first-order valence-corrected chi connectivity index (χ1v) is 5.88. The molecule has 2 N–H and O–H groups in total. The molecule has 0 aromatic rings. The molecular weight excluding hydrogens is 222 g/mol. The molecular formula is C11H17N3O3. The van der Waals surface area contributed by atoms with Crippen LogP contribution in [0.3, 0.4) is 0 Å². The van der Waals surface area contributed by atoms with Crippen LogP contribution in [0, 0.1) is 5.92 Å². The number of rotatable bonds is 1. The number of imide groups is 1. The summed E-state index contributed by atoms with van der Waals surface area (Å²) in [5.41, 5.74) is 0. The van der Waals surface area contributed by atoms with E-state index in [1.165, 1.54) is 4.90 Å². The summed E-state index contributed by atoms with van der Waals surface area (Å²) in [7, 11) is 0. The Kier molecular flexibility index (Phi) is 3.15. The first-order valence-electron chi connectivity index (χ1n) is 5.88. The van der Waals surface area contributed by atoms with Crippen LogP contribution in [0.15, 0.2) is 0 Å². The van der Waals surface area contributed by atoms with Gasteiger partial charge in [-0.2, -0.15) is 0 Å². The lowest BCUT2D eigenvalue weighted by molar-refractivity contribution is -0.151. The van der Waals surface area contributed by atoms with Crippen molar-refractivity contribution >= 4 is 17.7 Å². The number of nitrogens with zero attached hydrogens (tertiary/aromatic N) is 1. The number of hydrogen-bond acceptors (Lipinski definition) is 4. The summed E-state index contributed by atoms with van der Waals surface area (Å²) in [5, 5.41) is 5.42. The van der Waals surface area contributed by atoms with Crippen LogP contribution < -0.4 is 10.6 Å². The molecule has 0 bridgehead atoms.